The lowest BCUT2D eigenvalue weighted by Crippen LogP contribution is -2.55. The van der Waals surface area contributed by atoms with Crippen molar-refractivity contribution in [1.82, 2.24) is 0 Å². The highest BCUT2D eigenvalue weighted by molar-refractivity contribution is 5.02. The van der Waals surface area contributed by atoms with E-state index in [0.29, 0.717) is 124 Å². The molecule has 14 aliphatic heterocycles. The number of rotatable bonds is 7. The van der Waals surface area contributed by atoms with Gasteiger partial charge in [-0.2, -0.15) is 0 Å². The van der Waals surface area contributed by atoms with Crippen LogP contribution in [-0.2, 0) is 33.2 Å². The zero-order chi connectivity index (χ0) is 56.1. The van der Waals surface area contributed by atoms with Gasteiger partial charge in [0.15, 0.2) is 0 Å². The van der Waals surface area contributed by atoms with Gasteiger partial charge in [0.05, 0.1) is 85.5 Å². The van der Waals surface area contributed by atoms with Crippen LogP contribution in [0.2, 0.25) is 0 Å². The van der Waals surface area contributed by atoms with Crippen molar-refractivity contribution in [3.8, 4) is 0 Å². The zero-order valence-corrected chi connectivity index (χ0v) is 54.0. The average molecular weight is 1080 g/mol. The van der Waals surface area contributed by atoms with E-state index in [9.17, 15) is 0 Å². The van der Waals surface area contributed by atoms with E-state index in [1.807, 2.05) is 0 Å². The zero-order valence-electron chi connectivity index (χ0n) is 54.0. The molecular weight excluding hydrogens is 953 g/mol. The van der Waals surface area contributed by atoms with Crippen molar-refractivity contribution in [2.24, 2.45) is 124 Å². The van der Waals surface area contributed by atoms with Gasteiger partial charge in [0.2, 0.25) is 0 Å². The van der Waals surface area contributed by atoms with Gasteiger partial charge < -0.3 is 33.2 Å². The second kappa shape index (κ2) is 26.7. The van der Waals surface area contributed by atoms with Crippen LogP contribution in [0.1, 0.15) is 235 Å². The monoisotopic (exact) mass is 1080 g/mol. The lowest BCUT2D eigenvalue weighted by atomic mass is 9.67. The highest BCUT2D eigenvalue weighted by Gasteiger charge is 2.54. The van der Waals surface area contributed by atoms with Crippen molar-refractivity contribution in [1.29, 1.82) is 0 Å². The van der Waals surface area contributed by atoms with Gasteiger partial charge in [0, 0.05) is 0 Å². The van der Waals surface area contributed by atoms with Crippen LogP contribution in [0.25, 0.3) is 0 Å². The molecular formula is C70H126O7. The summed E-state index contributed by atoms with van der Waals surface area (Å²) in [6.07, 6.45) is 19.3. The second-order valence-corrected chi connectivity index (χ2v) is 29.8. The Bertz CT molecular complexity index is 1420. The molecule has 7 heteroatoms. The summed E-state index contributed by atoms with van der Waals surface area (Å²) in [6, 6.07) is 0. The molecule has 0 spiro atoms. The third-order valence-corrected chi connectivity index (χ3v) is 26.5. The molecule has 77 heavy (non-hydrogen) atoms. The SMILES string of the molecule is CCC1C[C@H]2O[C@H]3C(CC)C[C@@H](O[C@H]4C(CC)C[C@@H](O[C@H]5C(CC)C[C@@H](O[C@H]6C(CC)C[C@@H](O[C@H]7C(CC)C[C@@H](O[C@H]8C(CC)C[C@@H](O[C@@H]1[C@H](C)C2C)C(C)[C@H]8C)C(C)[C@H]7C)C(C)[C@H]6C)C(C)[C@H]5C)C(C)[C@H]4C)C(C)[C@H]3C. The largest absolute Gasteiger partial charge is 0.374 e. The average Bonchev–Trinajstić information content (AvgIpc) is 3.47. The van der Waals surface area contributed by atoms with Crippen LogP contribution in [-0.4, -0.2) is 85.5 Å². The number of hydrogen-bond acceptors (Lipinski definition) is 7. The summed E-state index contributed by atoms with van der Waals surface area (Å²) in [5.74, 6) is 9.62. The molecule has 0 radical (unpaired) electrons. The second-order valence-electron chi connectivity index (χ2n) is 29.8. The van der Waals surface area contributed by atoms with Gasteiger partial charge in [-0.3, -0.25) is 0 Å². The van der Waals surface area contributed by atoms with Crippen LogP contribution in [0.3, 0.4) is 0 Å². The fraction of sp³-hybridized carbons (Fsp3) is 1.00. The maximum Gasteiger partial charge on any atom is 0.0637 e. The Balaban J connectivity index is 1.08. The van der Waals surface area contributed by atoms with Gasteiger partial charge in [-0.1, -0.05) is 190 Å². The van der Waals surface area contributed by atoms with Gasteiger partial charge in [-0.05, 0) is 169 Å². The highest BCUT2D eigenvalue weighted by atomic mass is 16.5. The van der Waals surface area contributed by atoms with Crippen molar-refractivity contribution in [3.63, 3.8) is 0 Å². The maximum atomic E-state index is 7.62. The molecule has 14 heterocycles. The van der Waals surface area contributed by atoms with Crippen LogP contribution >= 0.6 is 0 Å². The van der Waals surface area contributed by atoms with Crippen LogP contribution in [0.15, 0.2) is 0 Å². The predicted octanol–water partition coefficient (Wildman–Crippen LogP) is 17.2. The van der Waals surface area contributed by atoms with Gasteiger partial charge >= 0.3 is 0 Å². The van der Waals surface area contributed by atoms with Gasteiger partial charge in [0.25, 0.3) is 0 Å². The van der Waals surface area contributed by atoms with E-state index in [2.05, 4.69) is 145 Å². The molecule has 14 bridgehead atoms. The molecule has 0 aromatic rings. The number of ether oxygens (including phenoxy) is 7. The third kappa shape index (κ3) is 12.5. The van der Waals surface area contributed by atoms with Crippen LogP contribution in [0, 0.1) is 124 Å². The van der Waals surface area contributed by atoms with Gasteiger partial charge in [-0.25, -0.2) is 0 Å². The molecule has 448 valence electrons. The Labute approximate surface area is 476 Å². The Morgan fingerprint density at radius 2 is 0.286 bits per heavy atom. The minimum Gasteiger partial charge on any atom is -0.374 e. The minimum atomic E-state index is 0.255. The molecule has 21 aliphatic rings. The highest BCUT2D eigenvalue weighted by Crippen LogP contribution is 2.52. The van der Waals surface area contributed by atoms with E-state index in [-0.39, 0.29) is 85.5 Å². The fourth-order valence-corrected chi connectivity index (χ4v) is 19.1. The Morgan fingerprint density at radius 3 is 0.377 bits per heavy atom. The molecule has 0 aromatic carbocycles. The Kier molecular flexibility index (Phi) is 21.8. The molecule has 21 fully saturated rings. The first-order valence-corrected chi connectivity index (χ1v) is 34.2. The Morgan fingerprint density at radius 1 is 0.182 bits per heavy atom. The third-order valence-electron chi connectivity index (χ3n) is 26.5. The topological polar surface area (TPSA) is 64.6 Å². The smallest absolute Gasteiger partial charge is 0.0637 e. The number of hydrogen-bond donors (Lipinski definition) is 0. The molecule has 14 unspecified atom stereocenters. The van der Waals surface area contributed by atoms with Crippen LogP contribution < -0.4 is 0 Å². The molecule has 7 nitrogen and oxygen atoms in total. The van der Waals surface area contributed by atoms with Crippen molar-refractivity contribution in [2.45, 2.75) is 321 Å². The Hall–Kier alpha value is -0.280. The van der Waals surface area contributed by atoms with E-state index >= 15 is 0 Å². The fourth-order valence-electron chi connectivity index (χ4n) is 19.1. The van der Waals surface area contributed by atoms with E-state index in [1.165, 1.54) is 0 Å². The molecule has 0 N–H and O–H groups in total. The molecule has 0 aromatic heterocycles. The predicted molar refractivity (Wildman–Crippen MR) is 318 cm³/mol. The van der Waals surface area contributed by atoms with Gasteiger partial charge in [-0.15, -0.1) is 0 Å². The lowest BCUT2D eigenvalue weighted by Gasteiger charge is -2.53. The molecule has 0 amide bonds. The normalized spacial score (nSPS) is 55.4. The lowest BCUT2D eigenvalue weighted by molar-refractivity contribution is -0.224. The van der Waals surface area contributed by atoms with E-state index in [4.69, 9.17) is 33.2 Å². The van der Waals surface area contributed by atoms with Gasteiger partial charge in [0.1, 0.15) is 0 Å². The summed E-state index contributed by atoms with van der Waals surface area (Å²) < 4.78 is 53.3. The van der Waals surface area contributed by atoms with E-state index < -0.39 is 0 Å². The summed E-state index contributed by atoms with van der Waals surface area (Å²) >= 11 is 0. The summed E-state index contributed by atoms with van der Waals surface area (Å²) in [6.45, 7) is 52.0. The first-order valence-electron chi connectivity index (χ1n) is 34.2. The molecule has 7 saturated carbocycles. The quantitative estimate of drug-likeness (QED) is 0.252. The van der Waals surface area contributed by atoms with Crippen LogP contribution in [0.4, 0.5) is 0 Å². The first-order chi connectivity index (χ1) is 36.7. The van der Waals surface area contributed by atoms with E-state index in [0.717, 1.165) is 89.9 Å². The maximum absolute atomic E-state index is 7.62. The summed E-state index contributed by atoms with van der Waals surface area (Å²) in [5, 5.41) is 0. The van der Waals surface area contributed by atoms with Crippen molar-refractivity contribution < 1.29 is 33.2 Å². The van der Waals surface area contributed by atoms with Crippen molar-refractivity contribution >= 4 is 0 Å². The summed E-state index contributed by atoms with van der Waals surface area (Å²) in [4.78, 5) is 0. The molecule has 14 saturated heterocycles. The minimum absolute atomic E-state index is 0.255. The first kappa shape index (κ1) is 62.8. The summed E-state index contributed by atoms with van der Waals surface area (Å²) in [5.41, 5.74) is 0. The van der Waals surface area contributed by atoms with Crippen molar-refractivity contribution in [2.75, 3.05) is 0 Å². The molecule has 21 rings (SSSR count). The van der Waals surface area contributed by atoms with Crippen LogP contribution in [0.5, 0.6) is 0 Å². The molecule has 7 aliphatic carbocycles. The van der Waals surface area contributed by atoms with E-state index in [1.54, 1.807) is 0 Å². The summed E-state index contributed by atoms with van der Waals surface area (Å²) in [7, 11) is 0. The molecule has 35 atom stereocenters. The van der Waals surface area contributed by atoms with Crippen molar-refractivity contribution in [3.05, 3.63) is 0 Å². The standard InChI is InChI=1S/C70H126O7/c1-22-50-29-57-36(8)43(15)64(50)71-58-30-51(23-2)66(44(16)37(58)9)73-60-32-53(25-4)68(46(18)39(60)11)75-62-34-55(27-6)70(48(20)41(62)13)77-63-35-56(28-7)69(49(21)42(63)14)76-61-33-54(26-5)67(47(19)40(61)12)74-59-31-52(24-3)65(72-57)45(17)38(59)10/h36-70H,22-35H2,1-21H3/t36?,37?,38?,39?,40?,41?,42?,43-,44-,45-,46-,47-,48-,49-,50?,51?,52?,53?,54?,55?,56?,57-,58-,59-,60-,61-,62-,63-,64-,65-,66-,67-,68-,69-,70-/m1/s1.